The zero-order valence-electron chi connectivity index (χ0n) is 14.7. The van der Waals surface area contributed by atoms with Crippen molar-refractivity contribution in [1.82, 2.24) is 0 Å². The first-order chi connectivity index (χ1) is 12.0. The van der Waals surface area contributed by atoms with Crippen LogP contribution in [-0.4, -0.2) is 37.9 Å². The van der Waals surface area contributed by atoms with E-state index in [1.165, 1.54) is 0 Å². The molecular weight excluding hydrogens is 338 g/mol. The highest BCUT2D eigenvalue weighted by molar-refractivity contribution is 8.00. The molecule has 0 saturated carbocycles. The van der Waals surface area contributed by atoms with Gasteiger partial charge < -0.3 is 18.9 Å². The van der Waals surface area contributed by atoms with Crippen LogP contribution in [0.3, 0.4) is 0 Å². The minimum Gasteiger partial charge on any atom is -0.497 e. The van der Waals surface area contributed by atoms with Crippen LogP contribution in [0.5, 0.6) is 5.75 Å². The summed E-state index contributed by atoms with van der Waals surface area (Å²) in [6, 6.07) is 14.0. The molecule has 0 aromatic heterocycles. The molecule has 134 valence electrons. The van der Waals surface area contributed by atoms with Crippen molar-refractivity contribution in [3.05, 3.63) is 53.6 Å². The Bertz CT molecular complexity index is 683. The zero-order chi connectivity index (χ0) is 18.2. The van der Waals surface area contributed by atoms with E-state index in [1.807, 2.05) is 42.5 Å². The number of rotatable bonds is 9. The number of hydrogen-bond donors (Lipinski definition) is 1. The molecule has 2 aromatic rings. The number of aliphatic carboxylic acids is 1. The van der Waals surface area contributed by atoms with Crippen LogP contribution < -0.4 is 9.04 Å². The summed E-state index contributed by atoms with van der Waals surface area (Å²) in [5.41, 5.74) is 3.31. The van der Waals surface area contributed by atoms with Crippen molar-refractivity contribution in [2.75, 3.05) is 31.2 Å². The predicted molar refractivity (Wildman–Crippen MR) is 101 cm³/mol. The van der Waals surface area contributed by atoms with Gasteiger partial charge in [-0.1, -0.05) is 18.2 Å². The topological polar surface area (TPSA) is 59.0 Å². The Hall–Kier alpha value is -2.18. The number of carboxylic acid groups (broad SMARTS) is 1. The van der Waals surface area contributed by atoms with E-state index in [-0.39, 0.29) is 6.61 Å². The second-order valence-corrected chi connectivity index (χ2v) is 6.60. The average molecular weight is 361 g/mol. The van der Waals surface area contributed by atoms with Crippen molar-refractivity contribution in [1.29, 1.82) is 0 Å². The Kier molecular flexibility index (Phi) is 7.16. The molecule has 0 radical (unpaired) electrons. The van der Waals surface area contributed by atoms with Gasteiger partial charge in [0.05, 0.1) is 20.3 Å². The molecule has 6 heteroatoms. The zero-order valence-corrected chi connectivity index (χ0v) is 15.5. The SMILES string of the molecule is COc1cc(C)c(SN(CCOCC(=O)O)c2ccccc2)c(C)c1. The minimum atomic E-state index is -0.958. The average Bonchev–Trinajstić information content (AvgIpc) is 2.60. The van der Waals surface area contributed by atoms with Crippen molar-refractivity contribution in [2.24, 2.45) is 0 Å². The molecule has 0 saturated heterocycles. The summed E-state index contributed by atoms with van der Waals surface area (Å²) < 4.78 is 12.6. The lowest BCUT2D eigenvalue weighted by molar-refractivity contribution is -0.142. The van der Waals surface area contributed by atoms with E-state index in [9.17, 15) is 4.79 Å². The van der Waals surface area contributed by atoms with Crippen molar-refractivity contribution < 1.29 is 19.4 Å². The highest BCUT2D eigenvalue weighted by Gasteiger charge is 2.14. The molecule has 0 atom stereocenters. The van der Waals surface area contributed by atoms with Crippen LogP contribution in [-0.2, 0) is 9.53 Å². The first kappa shape index (κ1) is 19.1. The highest BCUT2D eigenvalue weighted by atomic mass is 32.2. The molecular formula is C19H23NO4S. The van der Waals surface area contributed by atoms with Crippen LogP contribution in [0, 0.1) is 13.8 Å². The molecule has 25 heavy (non-hydrogen) atoms. The lowest BCUT2D eigenvalue weighted by Gasteiger charge is -2.25. The molecule has 0 amide bonds. The van der Waals surface area contributed by atoms with E-state index < -0.39 is 5.97 Å². The molecule has 0 bridgehead atoms. The number of aryl methyl sites for hydroxylation is 2. The van der Waals surface area contributed by atoms with Gasteiger partial charge in [-0.25, -0.2) is 4.79 Å². The number of hydrogen-bond acceptors (Lipinski definition) is 5. The number of methoxy groups -OCH3 is 1. The third kappa shape index (κ3) is 5.69. The molecule has 2 aromatic carbocycles. The Labute approximate surface area is 152 Å². The standard InChI is InChI=1S/C19H23NO4S/c1-14-11-17(23-3)12-15(2)19(14)25-20(9-10-24-13-18(21)22)16-7-5-4-6-8-16/h4-8,11-12H,9-10,13H2,1-3H3,(H,21,22). The molecule has 0 aliphatic carbocycles. The van der Waals surface area contributed by atoms with Crippen LogP contribution in [0.25, 0.3) is 0 Å². The first-order valence-electron chi connectivity index (χ1n) is 7.96. The summed E-state index contributed by atoms with van der Waals surface area (Å²) in [5, 5.41) is 8.70. The maximum atomic E-state index is 10.6. The fourth-order valence-corrected chi connectivity index (χ4v) is 3.43. The molecule has 0 aliphatic heterocycles. The fourth-order valence-electron chi connectivity index (χ4n) is 2.41. The van der Waals surface area contributed by atoms with Crippen molar-refractivity contribution in [3.8, 4) is 5.75 Å². The molecule has 1 N–H and O–H groups in total. The third-order valence-electron chi connectivity index (χ3n) is 3.58. The lowest BCUT2D eigenvalue weighted by atomic mass is 10.1. The number of carboxylic acids is 1. The number of carbonyl (C=O) groups is 1. The highest BCUT2D eigenvalue weighted by Crippen LogP contribution is 2.35. The molecule has 0 spiro atoms. The maximum Gasteiger partial charge on any atom is 0.329 e. The summed E-state index contributed by atoms with van der Waals surface area (Å²) in [7, 11) is 1.66. The molecule has 0 aliphatic rings. The van der Waals surface area contributed by atoms with Gasteiger partial charge in [-0.15, -0.1) is 0 Å². The van der Waals surface area contributed by atoms with Gasteiger partial charge in [-0.05, 0) is 61.2 Å². The van der Waals surface area contributed by atoms with Crippen molar-refractivity contribution in [3.63, 3.8) is 0 Å². The second-order valence-electron chi connectivity index (χ2n) is 5.57. The molecule has 0 heterocycles. The Morgan fingerprint density at radius 3 is 2.36 bits per heavy atom. The summed E-state index contributed by atoms with van der Waals surface area (Å²) in [5.74, 6) is -0.115. The summed E-state index contributed by atoms with van der Waals surface area (Å²) in [6.45, 7) is 4.74. The van der Waals surface area contributed by atoms with Gasteiger partial charge in [0.15, 0.2) is 0 Å². The van der Waals surface area contributed by atoms with Crippen LogP contribution in [0.15, 0.2) is 47.4 Å². The van der Waals surface area contributed by atoms with E-state index in [0.29, 0.717) is 13.2 Å². The Morgan fingerprint density at radius 1 is 1.16 bits per heavy atom. The van der Waals surface area contributed by atoms with Gasteiger partial charge >= 0.3 is 5.97 Å². The molecule has 0 unspecified atom stereocenters. The Morgan fingerprint density at radius 2 is 1.80 bits per heavy atom. The van der Waals surface area contributed by atoms with Gasteiger partial charge in [0, 0.05) is 10.6 Å². The quantitative estimate of drug-likeness (QED) is 0.539. The number of nitrogens with zero attached hydrogens (tertiary/aromatic N) is 1. The largest absolute Gasteiger partial charge is 0.497 e. The van der Waals surface area contributed by atoms with E-state index >= 15 is 0 Å². The van der Waals surface area contributed by atoms with Crippen molar-refractivity contribution in [2.45, 2.75) is 18.7 Å². The Balaban J connectivity index is 2.17. The van der Waals surface area contributed by atoms with E-state index in [0.717, 1.165) is 27.5 Å². The third-order valence-corrected chi connectivity index (χ3v) is 5.02. The van der Waals surface area contributed by atoms with Crippen molar-refractivity contribution >= 4 is 23.6 Å². The molecule has 2 rings (SSSR count). The normalized spacial score (nSPS) is 10.5. The van der Waals surface area contributed by atoms with Gasteiger partial charge in [-0.3, -0.25) is 0 Å². The fraction of sp³-hybridized carbons (Fsp3) is 0.316. The van der Waals surface area contributed by atoms with E-state index in [1.54, 1.807) is 19.1 Å². The van der Waals surface area contributed by atoms with Gasteiger partial charge in [-0.2, -0.15) is 0 Å². The summed E-state index contributed by atoms with van der Waals surface area (Å²) in [4.78, 5) is 11.8. The number of anilines is 1. The maximum absolute atomic E-state index is 10.6. The molecule has 5 nitrogen and oxygen atoms in total. The number of para-hydroxylation sites is 1. The summed E-state index contributed by atoms with van der Waals surface area (Å²) >= 11 is 1.62. The predicted octanol–water partition coefficient (Wildman–Crippen LogP) is 3.93. The number of benzene rings is 2. The second kappa shape index (κ2) is 9.34. The van der Waals surface area contributed by atoms with Gasteiger partial charge in [0.25, 0.3) is 0 Å². The molecule has 0 fully saturated rings. The van der Waals surface area contributed by atoms with E-state index in [2.05, 4.69) is 18.2 Å². The lowest BCUT2D eigenvalue weighted by Crippen LogP contribution is -2.22. The van der Waals surface area contributed by atoms with Crippen LogP contribution in [0.4, 0.5) is 5.69 Å². The smallest absolute Gasteiger partial charge is 0.329 e. The van der Waals surface area contributed by atoms with Gasteiger partial charge in [0.2, 0.25) is 0 Å². The first-order valence-corrected chi connectivity index (χ1v) is 8.74. The minimum absolute atomic E-state index is 0.284. The van der Waals surface area contributed by atoms with Gasteiger partial charge in [0.1, 0.15) is 12.4 Å². The van der Waals surface area contributed by atoms with E-state index in [4.69, 9.17) is 14.6 Å². The van der Waals surface area contributed by atoms with Crippen LogP contribution in [0.2, 0.25) is 0 Å². The monoisotopic (exact) mass is 361 g/mol. The number of ether oxygens (including phenoxy) is 2. The van der Waals surface area contributed by atoms with Crippen LogP contribution in [0.1, 0.15) is 11.1 Å². The van der Waals surface area contributed by atoms with Crippen LogP contribution >= 0.6 is 11.9 Å². The summed E-state index contributed by atoms with van der Waals surface area (Å²) in [6.07, 6.45) is 0.